The number of benzene rings is 1. The zero-order valence-electron chi connectivity index (χ0n) is 13.6. The molecule has 0 unspecified atom stereocenters. The Kier molecular flexibility index (Phi) is 4.25. The number of aliphatic hydroxyl groups excluding tert-OH is 1. The number of aryl methyl sites for hydroxylation is 1. The molecule has 2 heterocycles. The van der Waals surface area contributed by atoms with Gasteiger partial charge >= 0.3 is 0 Å². The number of nitrogens with zero attached hydrogens (tertiary/aromatic N) is 4. The second-order valence-electron chi connectivity index (χ2n) is 5.89. The Morgan fingerprint density at radius 1 is 1.22 bits per heavy atom. The number of aromatic nitrogens is 4. The standard InChI is InChI=1S/C17H21N5O/c1-11(2)22-10-19-14-5-4-13(7-15(14)22)8-18-16-6-12(3)20-17(9-23)21-16/h4-7,10-11,23H,8-9H2,1-3H3,(H,18,20,21). The summed E-state index contributed by atoms with van der Waals surface area (Å²) in [5, 5.41) is 12.5. The second kappa shape index (κ2) is 6.34. The molecular weight excluding hydrogens is 290 g/mol. The van der Waals surface area contributed by atoms with Crippen LogP contribution in [0.2, 0.25) is 0 Å². The third-order valence-electron chi connectivity index (χ3n) is 3.71. The van der Waals surface area contributed by atoms with Crippen molar-refractivity contribution in [2.75, 3.05) is 5.32 Å². The van der Waals surface area contributed by atoms with Crippen LogP contribution in [0.5, 0.6) is 0 Å². The maximum atomic E-state index is 9.19. The smallest absolute Gasteiger partial charge is 0.156 e. The summed E-state index contributed by atoms with van der Waals surface area (Å²) in [6, 6.07) is 8.50. The van der Waals surface area contributed by atoms with Crippen LogP contribution in [-0.4, -0.2) is 24.6 Å². The van der Waals surface area contributed by atoms with Gasteiger partial charge < -0.3 is 15.0 Å². The van der Waals surface area contributed by atoms with Gasteiger partial charge in [0.2, 0.25) is 0 Å². The molecule has 0 aliphatic carbocycles. The van der Waals surface area contributed by atoms with Crippen molar-refractivity contribution in [2.24, 2.45) is 0 Å². The van der Waals surface area contributed by atoms with Gasteiger partial charge in [0.05, 0.1) is 17.4 Å². The van der Waals surface area contributed by atoms with Gasteiger partial charge in [0.25, 0.3) is 0 Å². The van der Waals surface area contributed by atoms with E-state index >= 15 is 0 Å². The van der Waals surface area contributed by atoms with Crippen LogP contribution >= 0.6 is 0 Å². The molecule has 6 heteroatoms. The van der Waals surface area contributed by atoms with Crippen molar-refractivity contribution in [3.63, 3.8) is 0 Å². The van der Waals surface area contributed by atoms with Gasteiger partial charge in [-0.1, -0.05) is 6.07 Å². The van der Waals surface area contributed by atoms with Crippen LogP contribution in [0.1, 0.15) is 37.0 Å². The van der Waals surface area contributed by atoms with E-state index in [0.29, 0.717) is 18.4 Å². The lowest BCUT2D eigenvalue weighted by Gasteiger charge is -2.10. The fraction of sp³-hybridized carbons (Fsp3) is 0.353. The number of aliphatic hydroxyl groups is 1. The Morgan fingerprint density at radius 2 is 2.04 bits per heavy atom. The third kappa shape index (κ3) is 3.32. The SMILES string of the molecule is Cc1cc(NCc2ccc3ncn(C(C)C)c3c2)nc(CO)n1. The topological polar surface area (TPSA) is 75.9 Å². The molecule has 1 aromatic carbocycles. The molecule has 0 spiro atoms. The van der Waals surface area contributed by atoms with Crippen molar-refractivity contribution in [3.8, 4) is 0 Å². The molecule has 3 rings (SSSR count). The van der Waals surface area contributed by atoms with Crippen LogP contribution < -0.4 is 5.32 Å². The highest BCUT2D eigenvalue weighted by atomic mass is 16.3. The Bertz CT molecular complexity index is 825. The third-order valence-corrected chi connectivity index (χ3v) is 3.71. The summed E-state index contributed by atoms with van der Waals surface area (Å²) in [5.74, 6) is 1.15. The molecule has 0 aliphatic heterocycles. The van der Waals surface area contributed by atoms with Gasteiger partial charge in [0.15, 0.2) is 5.82 Å². The van der Waals surface area contributed by atoms with E-state index in [1.807, 2.05) is 25.4 Å². The van der Waals surface area contributed by atoms with Crippen LogP contribution in [-0.2, 0) is 13.2 Å². The summed E-state index contributed by atoms with van der Waals surface area (Å²) < 4.78 is 2.16. The van der Waals surface area contributed by atoms with Crippen molar-refractivity contribution in [2.45, 2.75) is 40.0 Å². The number of anilines is 1. The normalized spacial score (nSPS) is 11.3. The molecule has 23 heavy (non-hydrogen) atoms. The van der Waals surface area contributed by atoms with Gasteiger partial charge in [0, 0.05) is 24.3 Å². The Labute approximate surface area is 135 Å². The van der Waals surface area contributed by atoms with Crippen LogP contribution in [0.25, 0.3) is 11.0 Å². The maximum Gasteiger partial charge on any atom is 0.156 e. The molecule has 0 saturated carbocycles. The maximum absolute atomic E-state index is 9.19. The molecule has 0 atom stereocenters. The summed E-state index contributed by atoms with van der Waals surface area (Å²) in [6.07, 6.45) is 1.88. The summed E-state index contributed by atoms with van der Waals surface area (Å²) in [4.78, 5) is 12.9. The molecule has 0 bridgehead atoms. The van der Waals surface area contributed by atoms with E-state index in [2.05, 4.69) is 50.8 Å². The molecule has 0 radical (unpaired) electrons. The van der Waals surface area contributed by atoms with E-state index in [0.717, 1.165) is 28.1 Å². The highest BCUT2D eigenvalue weighted by Gasteiger charge is 2.07. The van der Waals surface area contributed by atoms with E-state index in [4.69, 9.17) is 0 Å². The van der Waals surface area contributed by atoms with E-state index in [9.17, 15) is 5.11 Å². The van der Waals surface area contributed by atoms with E-state index in [1.165, 1.54) is 0 Å². The van der Waals surface area contributed by atoms with Crippen molar-refractivity contribution in [1.82, 2.24) is 19.5 Å². The number of hydrogen-bond acceptors (Lipinski definition) is 5. The van der Waals surface area contributed by atoms with Gasteiger partial charge in [-0.05, 0) is 38.5 Å². The Morgan fingerprint density at radius 3 is 2.78 bits per heavy atom. The zero-order chi connectivity index (χ0) is 16.4. The monoisotopic (exact) mass is 311 g/mol. The lowest BCUT2D eigenvalue weighted by molar-refractivity contribution is 0.271. The minimum absolute atomic E-state index is 0.157. The molecular formula is C17H21N5O. The quantitative estimate of drug-likeness (QED) is 0.758. The van der Waals surface area contributed by atoms with Crippen molar-refractivity contribution in [3.05, 3.63) is 47.7 Å². The van der Waals surface area contributed by atoms with E-state index in [-0.39, 0.29) is 6.61 Å². The first kappa shape index (κ1) is 15.4. The van der Waals surface area contributed by atoms with Gasteiger partial charge in [-0.15, -0.1) is 0 Å². The first-order chi connectivity index (χ1) is 11.1. The fourth-order valence-corrected chi connectivity index (χ4v) is 2.58. The Balaban J connectivity index is 1.81. The molecule has 0 fully saturated rings. The average Bonchev–Trinajstić information content (AvgIpc) is 2.95. The zero-order valence-corrected chi connectivity index (χ0v) is 13.6. The Hall–Kier alpha value is -2.47. The van der Waals surface area contributed by atoms with Gasteiger partial charge in [-0.3, -0.25) is 0 Å². The summed E-state index contributed by atoms with van der Waals surface area (Å²) in [7, 11) is 0. The molecule has 2 N–H and O–H groups in total. The lowest BCUT2D eigenvalue weighted by Crippen LogP contribution is -2.06. The number of nitrogens with one attached hydrogen (secondary N) is 1. The molecule has 2 aromatic heterocycles. The van der Waals surface area contributed by atoms with Crippen molar-refractivity contribution >= 4 is 16.9 Å². The minimum Gasteiger partial charge on any atom is -0.388 e. The van der Waals surface area contributed by atoms with Gasteiger partial charge in [0.1, 0.15) is 12.4 Å². The molecule has 6 nitrogen and oxygen atoms in total. The van der Waals surface area contributed by atoms with Crippen molar-refractivity contribution < 1.29 is 5.11 Å². The number of rotatable bonds is 5. The summed E-state index contributed by atoms with van der Waals surface area (Å²) in [5.41, 5.74) is 4.12. The summed E-state index contributed by atoms with van der Waals surface area (Å²) in [6.45, 7) is 6.67. The number of imidazole rings is 1. The highest BCUT2D eigenvalue weighted by Crippen LogP contribution is 2.19. The fourth-order valence-electron chi connectivity index (χ4n) is 2.58. The number of hydrogen-bond donors (Lipinski definition) is 2. The summed E-state index contributed by atoms with van der Waals surface area (Å²) >= 11 is 0. The predicted octanol–water partition coefficient (Wildman–Crippen LogP) is 2.82. The minimum atomic E-state index is -0.157. The second-order valence-corrected chi connectivity index (χ2v) is 5.89. The largest absolute Gasteiger partial charge is 0.388 e. The molecule has 120 valence electrons. The first-order valence-electron chi connectivity index (χ1n) is 7.71. The van der Waals surface area contributed by atoms with Crippen molar-refractivity contribution in [1.29, 1.82) is 0 Å². The van der Waals surface area contributed by atoms with Gasteiger partial charge in [-0.2, -0.15) is 0 Å². The molecule has 0 amide bonds. The van der Waals surface area contributed by atoms with Crippen LogP contribution in [0.3, 0.4) is 0 Å². The van der Waals surface area contributed by atoms with Gasteiger partial charge in [-0.25, -0.2) is 15.0 Å². The lowest BCUT2D eigenvalue weighted by atomic mass is 10.2. The van der Waals surface area contributed by atoms with Crippen LogP contribution in [0.4, 0.5) is 5.82 Å². The number of fused-ring (bicyclic) bond motifs is 1. The van der Waals surface area contributed by atoms with E-state index < -0.39 is 0 Å². The van der Waals surface area contributed by atoms with Crippen LogP contribution in [0, 0.1) is 6.92 Å². The van der Waals surface area contributed by atoms with E-state index in [1.54, 1.807) is 0 Å². The molecule has 3 aromatic rings. The predicted molar refractivity (Wildman–Crippen MR) is 90.1 cm³/mol. The highest BCUT2D eigenvalue weighted by molar-refractivity contribution is 5.76. The first-order valence-corrected chi connectivity index (χ1v) is 7.71. The van der Waals surface area contributed by atoms with Crippen LogP contribution in [0.15, 0.2) is 30.6 Å². The molecule has 0 aliphatic rings. The average molecular weight is 311 g/mol. The molecule has 0 saturated heterocycles.